The zero-order chi connectivity index (χ0) is 22.6. The summed E-state index contributed by atoms with van der Waals surface area (Å²) >= 11 is 0. The second kappa shape index (κ2) is 9.61. The first-order chi connectivity index (χ1) is 15.4. The van der Waals surface area contributed by atoms with Crippen LogP contribution in [0.15, 0.2) is 71.6 Å². The van der Waals surface area contributed by atoms with Gasteiger partial charge in [-0.1, -0.05) is 55.7 Å². The summed E-state index contributed by atoms with van der Waals surface area (Å²) in [5.41, 5.74) is 0.524. The Morgan fingerprint density at radius 3 is 2.38 bits per heavy atom. The molecule has 7 heteroatoms. The molecule has 0 radical (unpaired) electrons. The van der Waals surface area contributed by atoms with Crippen molar-refractivity contribution in [3.05, 3.63) is 66.7 Å². The Morgan fingerprint density at radius 2 is 1.62 bits per heavy atom. The molecule has 0 aliphatic heterocycles. The van der Waals surface area contributed by atoms with E-state index in [0.29, 0.717) is 11.4 Å². The molecule has 0 bridgehead atoms. The molecular weight excluding hydrogens is 424 g/mol. The van der Waals surface area contributed by atoms with Gasteiger partial charge in [0.1, 0.15) is 5.75 Å². The number of hydrogen-bond donors (Lipinski definition) is 2. The number of nitrogens with one attached hydrogen (secondary N) is 2. The molecule has 6 nitrogen and oxygen atoms in total. The number of anilines is 1. The highest BCUT2D eigenvalue weighted by Crippen LogP contribution is 2.26. The number of sulfonamides is 1. The maximum Gasteiger partial charge on any atom is 0.261 e. The number of fused-ring (bicyclic) bond motifs is 1. The van der Waals surface area contributed by atoms with Crippen LogP contribution in [0.3, 0.4) is 0 Å². The second-order valence-corrected chi connectivity index (χ2v) is 9.89. The van der Waals surface area contributed by atoms with Gasteiger partial charge >= 0.3 is 0 Å². The second-order valence-electron chi connectivity index (χ2n) is 8.21. The van der Waals surface area contributed by atoms with E-state index in [-0.39, 0.29) is 16.8 Å². The maximum atomic E-state index is 12.9. The molecule has 0 saturated heterocycles. The fourth-order valence-corrected chi connectivity index (χ4v) is 5.12. The van der Waals surface area contributed by atoms with Gasteiger partial charge in [-0.25, -0.2) is 8.42 Å². The number of carbonyl (C=O) groups is 1. The van der Waals surface area contributed by atoms with Gasteiger partial charge in [0, 0.05) is 11.4 Å². The SMILES string of the molecule is C[C@@H](Oc1ccc(S(=O)(=O)Nc2cccc3ccccc23)cc1)C(=O)NC1CCCCC1. The van der Waals surface area contributed by atoms with E-state index in [1.165, 1.54) is 18.6 Å². The third-order valence-electron chi connectivity index (χ3n) is 5.80. The van der Waals surface area contributed by atoms with E-state index in [1.54, 1.807) is 25.1 Å². The summed E-state index contributed by atoms with van der Waals surface area (Å²) in [4.78, 5) is 12.5. The van der Waals surface area contributed by atoms with Crippen LogP contribution < -0.4 is 14.8 Å². The molecule has 0 spiro atoms. The molecule has 32 heavy (non-hydrogen) atoms. The first-order valence-electron chi connectivity index (χ1n) is 11.0. The lowest BCUT2D eigenvalue weighted by molar-refractivity contribution is -0.128. The Hall–Kier alpha value is -3.06. The van der Waals surface area contributed by atoms with Crippen LogP contribution in [0.1, 0.15) is 39.0 Å². The maximum absolute atomic E-state index is 12.9. The molecule has 1 atom stereocenters. The lowest BCUT2D eigenvalue weighted by Gasteiger charge is -2.24. The minimum atomic E-state index is -3.77. The summed E-state index contributed by atoms with van der Waals surface area (Å²) in [5.74, 6) is 0.298. The summed E-state index contributed by atoms with van der Waals surface area (Å²) in [6.07, 6.45) is 4.87. The Kier molecular flexibility index (Phi) is 6.65. The van der Waals surface area contributed by atoms with Crippen LogP contribution in [0, 0.1) is 0 Å². The highest BCUT2D eigenvalue weighted by Gasteiger charge is 2.21. The van der Waals surface area contributed by atoms with Gasteiger partial charge in [-0.3, -0.25) is 9.52 Å². The number of hydrogen-bond acceptors (Lipinski definition) is 4. The summed E-state index contributed by atoms with van der Waals surface area (Å²) < 4.78 is 34.2. The van der Waals surface area contributed by atoms with Gasteiger partial charge in [-0.05, 0) is 55.5 Å². The van der Waals surface area contributed by atoms with Gasteiger partial charge in [0.15, 0.2) is 6.10 Å². The van der Waals surface area contributed by atoms with Crippen molar-refractivity contribution in [3.63, 3.8) is 0 Å². The van der Waals surface area contributed by atoms with E-state index in [1.807, 2.05) is 36.4 Å². The lowest BCUT2D eigenvalue weighted by Crippen LogP contribution is -2.43. The number of carbonyl (C=O) groups excluding carboxylic acids is 1. The molecule has 0 unspecified atom stereocenters. The standard InChI is InChI=1S/C25H28N2O4S/c1-18(25(28)26-20-10-3-2-4-11-20)31-21-14-16-22(17-15-21)32(29,30)27-24-13-7-9-19-8-5-6-12-23(19)24/h5-9,12-18,20,27H,2-4,10-11H2,1H3,(H,26,28)/t18-/m1/s1. The van der Waals surface area contributed by atoms with E-state index in [2.05, 4.69) is 10.0 Å². The zero-order valence-electron chi connectivity index (χ0n) is 18.1. The molecule has 0 aromatic heterocycles. The predicted octanol–water partition coefficient (Wildman–Crippen LogP) is 4.86. The quantitative estimate of drug-likeness (QED) is 0.536. The summed E-state index contributed by atoms with van der Waals surface area (Å²) in [5, 5.41) is 4.83. The molecule has 4 rings (SSSR count). The summed E-state index contributed by atoms with van der Waals surface area (Å²) in [6, 6.07) is 19.4. The first-order valence-corrected chi connectivity index (χ1v) is 12.5. The molecule has 1 fully saturated rings. The van der Waals surface area contributed by atoms with Crippen molar-refractivity contribution in [2.75, 3.05) is 4.72 Å². The van der Waals surface area contributed by atoms with Gasteiger partial charge in [0.05, 0.1) is 10.6 Å². The molecule has 1 aliphatic rings. The number of ether oxygens (including phenoxy) is 1. The molecule has 1 aliphatic carbocycles. The molecule has 3 aromatic rings. The zero-order valence-corrected chi connectivity index (χ0v) is 18.9. The fraction of sp³-hybridized carbons (Fsp3) is 0.320. The van der Waals surface area contributed by atoms with Gasteiger partial charge in [0.2, 0.25) is 0 Å². The fourth-order valence-electron chi connectivity index (χ4n) is 4.04. The highest BCUT2D eigenvalue weighted by molar-refractivity contribution is 7.92. The van der Waals surface area contributed by atoms with Crippen molar-refractivity contribution in [1.29, 1.82) is 0 Å². The topological polar surface area (TPSA) is 84.5 Å². The molecule has 0 heterocycles. The average Bonchev–Trinajstić information content (AvgIpc) is 2.80. The average molecular weight is 453 g/mol. The smallest absolute Gasteiger partial charge is 0.261 e. The Labute approximate surface area is 189 Å². The van der Waals surface area contributed by atoms with Gasteiger partial charge in [-0.15, -0.1) is 0 Å². The number of amides is 1. The van der Waals surface area contributed by atoms with Gasteiger partial charge in [-0.2, -0.15) is 0 Å². The minimum absolute atomic E-state index is 0.122. The minimum Gasteiger partial charge on any atom is -0.481 e. The lowest BCUT2D eigenvalue weighted by atomic mass is 9.95. The van der Waals surface area contributed by atoms with Crippen molar-refractivity contribution >= 4 is 32.4 Å². The molecule has 2 N–H and O–H groups in total. The third-order valence-corrected chi connectivity index (χ3v) is 7.18. The number of benzene rings is 3. The van der Waals surface area contributed by atoms with Gasteiger partial charge < -0.3 is 10.1 Å². The largest absolute Gasteiger partial charge is 0.481 e. The van der Waals surface area contributed by atoms with E-state index in [9.17, 15) is 13.2 Å². The Morgan fingerprint density at radius 1 is 0.938 bits per heavy atom. The van der Waals surface area contributed by atoms with Crippen molar-refractivity contribution in [3.8, 4) is 5.75 Å². The normalized spacial score (nSPS) is 15.8. The summed E-state index contributed by atoms with van der Waals surface area (Å²) in [7, 11) is -3.77. The van der Waals surface area contributed by atoms with E-state index >= 15 is 0 Å². The van der Waals surface area contributed by atoms with Crippen LogP contribution in [-0.4, -0.2) is 26.5 Å². The van der Waals surface area contributed by atoms with Gasteiger partial charge in [0.25, 0.3) is 15.9 Å². The highest BCUT2D eigenvalue weighted by atomic mass is 32.2. The Balaban J connectivity index is 1.41. The van der Waals surface area contributed by atoms with Crippen LogP contribution in [0.25, 0.3) is 10.8 Å². The summed E-state index contributed by atoms with van der Waals surface area (Å²) in [6.45, 7) is 1.70. The number of rotatable bonds is 7. The van der Waals surface area contributed by atoms with Crippen molar-refractivity contribution in [2.45, 2.75) is 56.1 Å². The van der Waals surface area contributed by atoms with Crippen molar-refractivity contribution in [2.24, 2.45) is 0 Å². The van der Waals surface area contributed by atoms with Crippen molar-refractivity contribution < 1.29 is 17.9 Å². The van der Waals surface area contributed by atoms with E-state index in [0.717, 1.165) is 36.5 Å². The molecule has 168 valence electrons. The third kappa shape index (κ3) is 5.22. The first kappa shape index (κ1) is 22.1. The molecular formula is C25H28N2O4S. The van der Waals surface area contributed by atoms with Crippen LogP contribution in [0.4, 0.5) is 5.69 Å². The van der Waals surface area contributed by atoms with Crippen LogP contribution in [-0.2, 0) is 14.8 Å². The van der Waals surface area contributed by atoms with E-state index in [4.69, 9.17) is 4.74 Å². The molecule has 1 saturated carbocycles. The monoisotopic (exact) mass is 452 g/mol. The van der Waals surface area contributed by atoms with E-state index < -0.39 is 16.1 Å². The Bertz CT molecular complexity index is 1180. The molecule has 3 aromatic carbocycles. The van der Waals surface area contributed by atoms with Crippen molar-refractivity contribution in [1.82, 2.24) is 5.32 Å². The molecule has 1 amide bonds. The van der Waals surface area contributed by atoms with Crippen LogP contribution >= 0.6 is 0 Å². The van der Waals surface area contributed by atoms with Crippen LogP contribution in [0.2, 0.25) is 0 Å². The van der Waals surface area contributed by atoms with Crippen LogP contribution in [0.5, 0.6) is 5.75 Å². The predicted molar refractivity (Wildman–Crippen MR) is 126 cm³/mol.